The molecule has 0 amide bonds. The second-order valence-corrected chi connectivity index (χ2v) is 9.49. The van der Waals surface area contributed by atoms with Crippen LogP contribution in [0.5, 0.6) is 5.75 Å². The van der Waals surface area contributed by atoms with Crippen LogP contribution in [0.3, 0.4) is 0 Å². The monoisotopic (exact) mass is 470 g/mol. The normalized spacial score (nSPS) is 15.7. The number of esters is 1. The van der Waals surface area contributed by atoms with E-state index in [1.54, 1.807) is 12.1 Å². The van der Waals surface area contributed by atoms with Crippen LogP contribution in [0.15, 0.2) is 42.5 Å². The van der Waals surface area contributed by atoms with Crippen LogP contribution < -0.4 is 4.74 Å². The summed E-state index contributed by atoms with van der Waals surface area (Å²) in [6.45, 7) is 5.44. The molecule has 8 heteroatoms. The minimum absolute atomic E-state index is 0.0227. The van der Waals surface area contributed by atoms with Gasteiger partial charge in [-0.05, 0) is 69.5 Å². The van der Waals surface area contributed by atoms with Gasteiger partial charge in [-0.2, -0.15) is 18.4 Å². The molecule has 0 bridgehead atoms. The zero-order chi connectivity index (χ0) is 24.7. The Morgan fingerprint density at radius 2 is 1.91 bits per heavy atom. The van der Waals surface area contributed by atoms with Crippen LogP contribution in [0.25, 0.3) is 10.9 Å². The van der Waals surface area contributed by atoms with Crippen LogP contribution >= 0.6 is 0 Å². The molecule has 0 spiro atoms. The van der Waals surface area contributed by atoms with Gasteiger partial charge >= 0.3 is 12.1 Å². The molecule has 1 aliphatic heterocycles. The Labute approximate surface area is 195 Å². The SMILES string of the molecule is CC(C)(C)OC(=O)CC1CCc2cc3ccc(OCc4ccc(C#N)c(C(F)(F)F)c4)cc3n21. The van der Waals surface area contributed by atoms with Gasteiger partial charge in [0.05, 0.1) is 29.1 Å². The van der Waals surface area contributed by atoms with E-state index < -0.39 is 22.9 Å². The molecule has 0 N–H and O–H groups in total. The standard InChI is InChI=1S/C26H25F3N2O3/c1-25(2,3)34-24(32)12-20-8-7-19-11-17-6-9-21(13-23(17)31(19)20)33-15-16-4-5-18(14-30)22(10-16)26(27,28)29/h4-6,9-11,13,20H,7-8,12,15H2,1-3H3. The molecular formula is C26H25F3N2O3. The largest absolute Gasteiger partial charge is 0.489 e. The van der Waals surface area contributed by atoms with Gasteiger partial charge in [-0.15, -0.1) is 0 Å². The summed E-state index contributed by atoms with van der Waals surface area (Å²) in [6, 6.07) is 12.7. The van der Waals surface area contributed by atoms with Crippen molar-refractivity contribution in [2.45, 2.75) is 64.5 Å². The number of nitriles is 1. The van der Waals surface area contributed by atoms with Crippen molar-refractivity contribution < 1.29 is 27.4 Å². The highest BCUT2D eigenvalue weighted by Gasteiger charge is 2.34. The van der Waals surface area contributed by atoms with Crippen LogP contribution in [0.2, 0.25) is 0 Å². The number of ether oxygens (including phenoxy) is 2. The number of fused-ring (bicyclic) bond motifs is 3. The van der Waals surface area contributed by atoms with Gasteiger partial charge in [-0.3, -0.25) is 4.79 Å². The van der Waals surface area contributed by atoms with Crippen molar-refractivity contribution in [1.29, 1.82) is 5.26 Å². The molecule has 1 aliphatic rings. The van der Waals surface area contributed by atoms with Crippen molar-refractivity contribution in [2.24, 2.45) is 0 Å². The first-order valence-electron chi connectivity index (χ1n) is 11.0. The Morgan fingerprint density at radius 1 is 1.15 bits per heavy atom. The maximum absolute atomic E-state index is 13.2. The molecule has 0 radical (unpaired) electrons. The van der Waals surface area contributed by atoms with Crippen molar-refractivity contribution in [3.8, 4) is 11.8 Å². The minimum atomic E-state index is -4.62. The van der Waals surface area contributed by atoms with Crippen LogP contribution in [0.4, 0.5) is 13.2 Å². The summed E-state index contributed by atoms with van der Waals surface area (Å²) in [5.74, 6) is 0.259. The molecule has 0 saturated carbocycles. The molecule has 5 nitrogen and oxygen atoms in total. The predicted molar refractivity (Wildman–Crippen MR) is 120 cm³/mol. The number of aromatic nitrogens is 1. The molecule has 0 saturated heterocycles. The lowest BCUT2D eigenvalue weighted by Crippen LogP contribution is -2.25. The Balaban J connectivity index is 1.54. The number of benzene rings is 2. The van der Waals surface area contributed by atoms with Gasteiger partial charge in [-0.25, -0.2) is 0 Å². The van der Waals surface area contributed by atoms with Gasteiger partial charge in [0, 0.05) is 23.2 Å². The molecule has 34 heavy (non-hydrogen) atoms. The van der Waals surface area contributed by atoms with Crippen molar-refractivity contribution in [1.82, 2.24) is 4.57 Å². The van der Waals surface area contributed by atoms with E-state index in [9.17, 15) is 18.0 Å². The molecule has 1 atom stereocenters. The minimum Gasteiger partial charge on any atom is -0.489 e. The topological polar surface area (TPSA) is 64.2 Å². The van der Waals surface area contributed by atoms with E-state index in [1.165, 1.54) is 6.07 Å². The summed E-state index contributed by atoms with van der Waals surface area (Å²) in [5, 5.41) is 9.96. The highest BCUT2D eigenvalue weighted by atomic mass is 19.4. The Kier molecular flexibility index (Phi) is 6.07. The lowest BCUT2D eigenvalue weighted by atomic mass is 10.0. The van der Waals surface area contributed by atoms with Crippen LogP contribution in [-0.4, -0.2) is 16.1 Å². The van der Waals surface area contributed by atoms with E-state index >= 15 is 0 Å². The third-order valence-corrected chi connectivity index (χ3v) is 5.73. The molecule has 4 rings (SSSR count). The molecule has 178 valence electrons. The summed E-state index contributed by atoms with van der Waals surface area (Å²) < 4.78 is 53.1. The smallest absolute Gasteiger partial charge is 0.417 e. The maximum Gasteiger partial charge on any atom is 0.417 e. The zero-order valence-corrected chi connectivity index (χ0v) is 19.2. The van der Waals surface area contributed by atoms with Crippen LogP contribution in [-0.2, 0) is 28.7 Å². The average molecular weight is 470 g/mol. The average Bonchev–Trinajstić information content (AvgIpc) is 3.29. The number of halogens is 3. The lowest BCUT2D eigenvalue weighted by molar-refractivity contribution is -0.155. The fourth-order valence-electron chi connectivity index (χ4n) is 4.36. The lowest BCUT2D eigenvalue weighted by Gasteiger charge is -2.22. The number of carbonyl (C=O) groups is 1. The Morgan fingerprint density at radius 3 is 2.59 bits per heavy atom. The first kappa shape index (κ1) is 23.7. The highest BCUT2D eigenvalue weighted by molar-refractivity contribution is 5.84. The summed E-state index contributed by atoms with van der Waals surface area (Å²) in [7, 11) is 0. The number of alkyl halides is 3. The van der Waals surface area contributed by atoms with Crippen LogP contribution in [0, 0.1) is 11.3 Å². The van der Waals surface area contributed by atoms with Gasteiger partial charge in [0.15, 0.2) is 0 Å². The Hall–Kier alpha value is -3.47. The van der Waals surface area contributed by atoms with Gasteiger partial charge in [0.2, 0.25) is 0 Å². The number of hydrogen-bond donors (Lipinski definition) is 0. The third-order valence-electron chi connectivity index (χ3n) is 5.73. The molecular weight excluding hydrogens is 445 g/mol. The molecule has 1 unspecified atom stereocenters. The summed E-state index contributed by atoms with van der Waals surface area (Å²) in [4.78, 5) is 12.4. The number of aryl methyl sites for hydroxylation is 1. The summed E-state index contributed by atoms with van der Waals surface area (Å²) in [6.07, 6.45) is -2.66. The van der Waals surface area contributed by atoms with E-state index in [2.05, 4.69) is 10.6 Å². The molecule has 0 fully saturated rings. The van der Waals surface area contributed by atoms with Crippen molar-refractivity contribution in [3.05, 3.63) is 64.8 Å². The number of carbonyl (C=O) groups excluding carboxylic acids is 1. The van der Waals surface area contributed by atoms with E-state index in [1.807, 2.05) is 32.9 Å². The van der Waals surface area contributed by atoms with E-state index in [0.29, 0.717) is 11.3 Å². The van der Waals surface area contributed by atoms with Gasteiger partial charge in [-0.1, -0.05) is 6.07 Å². The molecule has 2 heterocycles. The van der Waals surface area contributed by atoms with Gasteiger partial charge < -0.3 is 14.0 Å². The maximum atomic E-state index is 13.2. The number of nitrogens with zero attached hydrogens (tertiary/aromatic N) is 2. The van der Waals surface area contributed by atoms with Gasteiger partial charge in [0.25, 0.3) is 0 Å². The second kappa shape index (κ2) is 8.71. The van der Waals surface area contributed by atoms with Crippen molar-refractivity contribution in [3.63, 3.8) is 0 Å². The predicted octanol–water partition coefficient (Wildman–Crippen LogP) is 6.33. The fraction of sp³-hybridized carbons (Fsp3) is 0.385. The summed E-state index contributed by atoms with van der Waals surface area (Å²) in [5.41, 5.74) is 0.417. The van der Waals surface area contributed by atoms with E-state index in [-0.39, 0.29) is 25.0 Å². The van der Waals surface area contributed by atoms with Crippen LogP contribution in [0.1, 0.15) is 62.0 Å². The molecule has 3 aromatic rings. The highest BCUT2D eigenvalue weighted by Crippen LogP contribution is 2.37. The van der Waals surface area contributed by atoms with Gasteiger partial charge in [0.1, 0.15) is 18.0 Å². The summed E-state index contributed by atoms with van der Waals surface area (Å²) >= 11 is 0. The Bertz CT molecular complexity index is 1280. The third kappa shape index (κ3) is 5.04. The number of rotatable bonds is 5. The van der Waals surface area contributed by atoms with E-state index in [0.717, 1.165) is 41.6 Å². The molecule has 0 aliphatic carbocycles. The second-order valence-electron chi connectivity index (χ2n) is 9.49. The fourth-order valence-corrected chi connectivity index (χ4v) is 4.36. The molecule has 2 aromatic carbocycles. The van der Waals surface area contributed by atoms with E-state index in [4.69, 9.17) is 14.7 Å². The first-order chi connectivity index (χ1) is 15.9. The molecule has 1 aromatic heterocycles. The zero-order valence-electron chi connectivity index (χ0n) is 19.2. The quantitative estimate of drug-likeness (QED) is 0.409. The van der Waals surface area contributed by atoms with Crippen molar-refractivity contribution >= 4 is 16.9 Å². The number of hydrogen-bond acceptors (Lipinski definition) is 4. The van der Waals surface area contributed by atoms with Crippen molar-refractivity contribution in [2.75, 3.05) is 0 Å². The first-order valence-corrected chi connectivity index (χ1v) is 11.0.